The Morgan fingerprint density at radius 1 is 1.03 bits per heavy atom. The summed E-state index contributed by atoms with van der Waals surface area (Å²) in [5.41, 5.74) is 4.27. The summed E-state index contributed by atoms with van der Waals surface area (Å²) in [6, 6.07) is 16.3. The van der Waals surface area contributed by atoms with Gasteiger partial charge in [0.2, 0.25) is 5.82 Å². The van der Waals surface area contributed by atoms with Crippen molar-refractivity contribution in [3.63, 3.8) is 0 Å². The fraction of sp³-hybridized carbons (Fsp3) is 0.182. The van der Waals surface area contributed by atoms with Gasteiger partial charge in [0, 0.05) is 28.2 Å². The van der Waals surface area contributed by atoms with Gasteiger partial charge in [0.15, 0.2) is 5.78 Å². The quantitative estimate of drug-likeness (QED) is 0.483. The Kier molecular flexibility index (Phi) is 4.80. The molecule has 0 N–H and O–H groups in total. The third-order valence-electron chi connectivity index (χ3n) is 4.92. The lowest BCUT2D eigenvalue weighted by Gasteiger charge is -2.11. The second-order valence-electron chi connectivity index (χ2n) is 6.99. The van der Waals surface area contributed by atoms with Crippen LogP contribution in [0.5, 0.6) is 0 Å². The predicted octanol–water partition coefficient (Wildman–Crippen LogP) is 4.08. The van der Waals surface area contributed by atoms with Crippen LogP contribution in [-0.4, -0.2) is 30.6 Å². The molecule has 0 aliphatic carbocycles. The number of benzene rings is 2. The molecule has 0 saturated heterocycles. The summed E-state index contributed by atoms with van der Waals surface area (Å²) in [5.74, 6) is 0.0658. The minimum atomic E-state index is -0.275. The van der Waals surface area contributed by atoms with Crippen molar-refractivity contribution in [3.05, 3.63) is 82.9 Å². The molecule has 2 aromatic carbocycles. The SMILES string of the molecule is Cc1ccc(-n2c(C)cc(C(=O)Cn3nnc(-c4ccccc4)n3)c2C)cc1F. The molecule has 0 fully saturated rings. The first-order valence-corrected chi connectivity index (χ1v) is 9.26. The van der Waals surface area contributed by atoms with Crippen molar-refractivity contribution in [2.24, 2.45) is 0 Å². The van der Waals surface area contributed by atoms with Gasteiger partial charge in [-0.15, -0.1) is 10.2 Å². The van der Waals surface area contributed by atoms with E-state index in [1.54, 1.807) is 13.0 Å². The number of hydrogen-bond acceptors (Lipinski definition) is 4. The van der Waals surface area contributed by atoms with E-state index in [1.165, 1.54) is 10.9 Å². The Morgan fingerprint density at radius 2 is 1.79 bits per heavy atom. The van der Waals surface area contributed by atoms with E-state index < -0.39 is 0 Å². The normalized spacial score (nSPS) is 11.0. The monoisotopic (exact) mass is 389 g/mol. The zero-order valence-electron chi connectivity index (χ0n) is 16.4. The molecule has 0 aliphatic rings. The van der Waals surface area contributed by atoms with Crippen molar-refractivity contribution in [3.8, 4) is 17.1 Å². The fourth-order valence-corrected chi connectivity index (χ4v) is 3.39. The average molecular weight is 389 g/mol. The third-order valence-corrected chi connectivity index (χ3v) is 4.92. The highest BCUT2D eigenvalue weighted by molar-refractivity contribution is 5.97. The van der Waals surface area contributed by atoms with Crippen LogP contribution in [0.1, 0.15) is 27.3 Å². The highest BCUT2D eigenvalue weighted by atomic mass is 19.1. The van der Waals surface area contributed by atoms with Gasteiger partial charge in [0.25, 0.3) is 0 Å². The van der Waals surface area contributed by atoms with E-state index >= 15 is 0 Å². The minimum Gasteiger partial charge on any atom is -0.318 e. The van der Waals surface area contributed by atoms with Crippen molar-refractivity contribution in [1.82, 2.24) is 24.8 Å². The van der Waals surface area contributed by atoms with E-state index in [1.807, 2.05) is 60.9 Å². The van der Waals surface area contributed by atoms with Gasteiger partial charge in [-0.2, -0.15) is 4.80 Å². The average Bonchev–Trinajstić information content (AvgIpc) is 3.29. The second-order valence-corrected chi connectivity index (χ2v) is 6.99. The van der Waals surface area contributed by atoms with Crippen molar-refractivity contribution in [2.45, 2.75) is 27.3 Å². The number of aromatic nitrogens is 5. The summed E-state index contributed by atoms with van der Waals surface area (Å²) >= 11 is 0. The van der Waals surface area contributed by atoms with Crippen LogP contribution < -0.4 is 0 Å². The number of carbonyl (C=O) groups is 1. The van der Waals surface area contributed by atoms with E-state index in [9.17, 15) is 9.18 Å². The Morgan fingerprint density at radius 3 is 2.52 bits per heavy atom. The Balaban J connectivity index is 1.60. The molecule has 0 saturated carbocycles. The van der Waals surface area contributed by atoms with E-state index in [2.05, 4.69) is 15.4 Å². The maximum Gasteiger partial charge on any atom is 0.204 e. The van der Waals surface area contributed by atoms with Gasteiger partial charge in [-0.1, -0.05) is 36.4 Å². The topological polar surface area (TPSA) is 65.6 Å². The number of halogens is 1. The molecule has 0 amide bonds. The van der Waals surface area contributed by atoms with Crippen LogP contribution >= 0.6 is 0 Å². The Hall–Kier alpha value is -3.61. The van der Waals surface area contributed by atoms with Crippen molar-refractivity contribution < 1.29 is 9.18 Å². The molecule has 0 atom stereocenters. The summed E-state index contributed by atoms with van der Waals surface area (Å²) in [7, 11) is 0. The second kappa shape index (κ2) is 7.43. The van der Waals surface area contributed by atoms with E-state index in [0.29, 0.717) is 22.6 Å². The van der Waals surface area contributed by atoms with Crippen molar-refractivity contribution in [1.29, 1.82) is 0 Å². The van der Waals surface area contributed by atoms with Gasteiger partial charge in [-0.25, -0.2) is 4.39 Å². The number of Topliss-reactive ketones (excluding diaryl/α,β-unsaturated/α-hetero) is 1. The lowest BCUT2D eigenvalue weighted by atomic mass is 10.1. The van der Waals surface area contributed by atoms with Gasteiger partial charge in [0.1, 0.15) is 12.4 Å². The van der Waals surface area contributed by atoms with Gasteiger partial charge < -0.3 is 4.57 Å². The summed E-state index contributed by atoms with van der Waals surface area (Å²) in [6.45, 7) is 5.44. The molecule has 2 heterocycles. The number of hydrogen-bond donors (Lipinski definition) is 0. The molecule has 29 heavy (non-hydrogen) atoms. The van der Waals surface area contributed by atoms with Gasteiger partial charge in [0.05, 0.1) is 0 Å². The van der Waals surface area contributed by atoms with Gasteiger partial charge in [-0.05, 0) is 49.7 Å². The van der Waals surface area contributed by atoms with Crippen LogP contribution in [0.3, 0.4) is 0 Å². The first-order valence-electron chi connectivity index (χ1n) is 9.26. The maximum absolute atomic E-state index is 14.0. The number of rotatable bonds is 5. The number of carbonyl (C=O) groups excluding carboxylic acids is 1. The lowest BCUT2D eigenvalue weighted by Crippen LogP contribution is -2.14. The Bertz CT molecular complexity index is 1190. The molecular formula is C22H20FN5O. The molecule has 4 rings (SSSR count). The molecular weight excluding hydrogens is 369 g/mol. The third kappa shape index (κ3) is 3.59. The van der Waals surface area contributed by atoms with Crippen LogP contribution in [-0.2, 0) is 6.54 Å². The molecule has 0 bridgehead atoms. The number of ketones is 1. The van der Waals surface area contributed by atoms with Crippen LogP contribution in [0.15, 0.2) is 54.6 Å². The van der Waals surface area contributed by atoms with Crippen LogP contribution in [0.4, 0.5) is 4.39 Å². The first kappa shape index (κ1) is 18.7. The van der Waals surface area contributed by atoms with Gasteiger partial charge in [-0.3, -0.25) is 4.79 Å². The minimum absolute atomic E-state index is 0.0214. The Labute approximate surface area is 167 Å². The summed E-state index contributed by atoms with van der Waals surface area (Å²) in [5, 5.41) is 12.3. The summed E-state index contributed by atoms with van der Waals surface area (Å²) in [4.78, 5) is 14.2. The molecule has 0 spiro atoms. The first-order chi connectivity index (χ1) is 13.9. The van der Waals surface area contributed by atoms with Crippen LogP contribution in [0, 0.1) is 26.6 Å². The molecule has 0 aliphatic heterocycles. The highest BCUT2D eigenvalue weighted by Gasteiger charge is 2.19. The molecule has 7 heteroatoms. The standard InChI is InChI=1S/C22H20FN5O/c1-14-9-10-18(12-20(14)23)28-15(2)11-19(16(28)3)21(29)13-27-25-22(24-26-27)17-7-5-4-6-8-17/h4-12H,13H2,1-3H3. The number of nitrogens with zero attached hydrogens (tertiary/aromatic N) is 5. The van der Waals surface area contributed by atoms with E-state index in [-0.39, 0.29) is 18.1 Å². The molecule has 2 aromatic heterocycles. The van der Waals surface area contributed by atoms with Crippen LogP contribution in [0.25, 0.3) is 17.1 Å². The fourth-order valence-electron chi connectivity index (χ4n) is 3.39. The smallest absolute Gasteiger partial charge is 0.204 e. The summed E-state index contributed by atoms with van der Waals surface area (Å²) in [6.07, 6.45) is 0. The zero-order valence-corrected chi connectivity index (χ0v) is 16.4. The van der Waals surface area contributed by atoms with Gasteiger partial charge >= 0.3 is 0 Å². The van der Waals surface area contributed by atoms with Crippen molar-refractivity contribution in [2.75, 3.05) is 0 Å². The van der Waals surface area contributed by atoms with Crippen LogP contribution in [0.2, 0.25) is 0 Å². The zero-order chi connectivity index (χ0) is 20.5. The largest absolute Gasteiger partial charge is 0.318 e. The highest BCUT2D eigenvalue weighted by Crippen LogP contribution is 2.23. The van der Waals surface area contributed by atoms with E-state index in [4.69, 9.17) is 0 Å². The molecule has 4 aromatic rings. The molecule has 6 nitrogen and oxygen atoms in total. The molecule has 0 radical (unpaired) electrons. The number of aryl methyl sites for hydroxylation is 2. The summed E-state index contributed by atoms with van der Waals surface area (Å²) < 4.78 is 15.9. The lowest BCUT2D eigenvalue weighted by molar-refractivity contribution is 0.0961. The molecule has 0 unspecified atom stereocenters. The predicted molar refractivity (Wildman–Crippen MR) is 108 cm³/mol. The van der Waals surface area contributed by atoms with E-state index in [0.717, 1.165) is 17.0 Å². The maximum atomic E-state index is 14.0. The van der Waals surface area contributed by atoms with Crippen molar-refractivity contribution >= 4 is 5.78 Å². The molecule has 146 valence electrons. The number of tetrazole rings is 1.